The zero-order valence-electron chi connectivity index (χ0n) is 9.86. The third kappa shape index (κ3) is 3.66. The van der Waals surface area contributed by atoms with Crippen molar-refractivity contribution in [2.45, 2.75) is 0 Å². The van der Waals surface area contributed by atoms with Crippen LogP contribution < -0.4 is 5.43 Å². The maximum absolute atomic E-state index is 12.7. The summed E-state index contributed by atoms with van der Waals surface area (Å²) in [6, 6.07) is 7.47. The first-order valence-corrected chi connectivity index (χ1v) is 6.04. The monoisotopic (exact) mass is 279 g/mol. The number of alkyl halides is 1. The fourth-order valence-corrected chi connectivity index (χ4v) is 1.58. The van der Waals surface area contributed by atoms with Gasteiger partial charge in [0.25, 0.3) is 0 Å². The second kappa shape index (κ2) is 6.15. The maximum Gasteiger partial charge on any atom is 0.179 e. The summed E-state index contributed by atoms with van der Waals surface area (Å²) in [4.78, 5) is 14.2. The summed E-state index contributed by atoms with van der Waals surface area (Å²) in [6.45, 7) is 0. The van der Waals surface area contributed by atoms with Gasteiger partial charge in [0.1, 0.15) is 5.82 Å². The number of hydrogen-bond donors (Lipinski definition) is 2. The van der Waals surface area contributed by atoms with E-state index in [1.54, 1.807) is 24.4 Å². The van der Waals surface area contributed by atoms with Gasteiger partial charge in [0.2, 0.25) is 0 Å². The highest BCUT2D eigenvalue weighted by molar-refractivity contribution is 6.30. The molecule has 0 aliphatic carbocycles. The second-order valence-corrected chi connectivity index (χ2v) is 4.04. The van der Waals surface area contributed by atoms with Gasteiger partial charge in [-0.1, -0.05) is 0 Å². The average molecular weight is 280 g/mol. The highest BCUT2D eigenvalue weighted by Crippen LogP contribution is 2.08. The molecule has 1 aromatic carbocycles. The molecule has 2 aromatic rings. The predicted molar refractivity (Wildman–Crippen MR) is 73.5 cm³/mol. The van der Waals surface area contributed by atoms with Crippen LogP contribution in [-0.4, -0.2) is 22.9 Å². The summed E-state index contributed by atoms with van der Waals surface area (Å²) in [5.74, 6) is -0.505. The van der Waals surface area contributed by atoms with Gasteiger partial charge in [-0.05, 0) is 30.3 Å². The molecule has 0 atom stereocenters. The van der Waals surface area contributed by atoms with Gasteiger partial charge in [0.15, 0.2) is 5.78 Å². The number of Topliss-reactive ketones (excluding diaryl/α,β-unsaturated/α-hetero) is 1. The Morgan fingerprint density at radius 2 is 2.16 bits per heavy atom. The Morgan fingerprint density at radius 3 is 2.84 bits per heavy atom. The molecule has 19 heavy (non-hydrogen) atoms. The molecule has 2 N–H and O–H groups in total. The zero-order valence-corrected chi connectivity index (χ0v) is 10.6. The Balaban J connectivity index is 1.97. The van der Waals surface area contributed by atoms with Crippen LogP contribution in [0.1, 0.15) is 16.1 Å². The van der Waals surface area contributed by atoms with Crippen molar-refractivity contribution in [3.8, 4) is 0 Å². The molecule has 0 unspecified atom stereocenters. The predicted octanol–water partition coefficient (Wildman–Crippen LogP) is 3.02. The van der Waals surface area contributed by atoms with Crippen LogP contribution in [0.25, 0.3) is 0 Å². The average Bonchev–Trinajstić information content (AvgIpc) is 2.89. The van der Waals surface area contributed by atoms with E-state index in [-0.39, 0.29) is 17.5 Å². The van der Waals surface area contributed by atoms with Crippen molar-refractivity contribution in [3.05, 3.63) is 53.6 Å². The third-order valence-electron chi connectivity index (χ3n) is 2.39. The van der Waals surface area contributed by atoms with Crippen LogP contribution in [0.15, 0.2) is 41.6 Å². The standard InChI is InChI=1S/C13H11ClFN3O/c14-6-13(19)9-5-12(16-7-9)8-17-18-11-3-1-10(15)2-4-11/h1-5,7-8,16,18H,6H2/b17-8-. The number of carbonyl (C=O) groups is 1. The maximum atomic E-state index is 12.7. The number of ketones is 1. The fraction of sp³-hybridized carbons (Fsp3) is 0.0769. The summed E-state index contributed by atoms with van der Waals surface area (Å²) in [5, 5.41) is 3.97. The lowest BCUT2D eigenvalue weighted by atomic mass is 10.2. The second-order valence-electron chi connectivity index (χ2n) is 3.78. The van der Waals surface area contributed by atoms with Gasteiger partial charge in [0.05, 0.1) is 23.5 Å². The molecule has 0 amide bonds. The van der Waals surface area contributed by atoms with E-state index in [1.807, 2.05) is 0 Å². The smallest absolute Gasteiger partial charge is 0.179 e. The van der Waals surface area contributed by atoms with Gasteiger partial charge in [-0.25, -0.2) is 4.39 Å². The largest absolute Gasteiger partial charge is 0.360 e. The summed E-state index contributed by atoms with van der Waals surface area (Å²) < 4.78 is 12.7. The normalized spacial score (nSPS) is 10.8. The number of carbonyl (C=O) groups excluding carboxylic acids is 1. The molecule has 6 heteroatoms. The van der Waals surface area contributed by atoms with Crippen LogP contribution in [0, 0.1) is 5.82 Å². The van der Waals surface area contributed by atoms with Crippen molar-refractivity contribution in [1.29, 1.82) is 0 Å². The van der Waals surface area contributed by atoms with Crippen molar-refractivity contribution in [3.63, 3.8) is 0 Å². The van der Waals surface area contributed by atoms with Crippen LogP contribution in [0.5, 0.6) is 0 Å². The van der Waals surface area contributed by atoms with Crippen LogP contribution in [0.3, 0.4) is 0 Å². The van der Waals surface area contributed by atoms with Gasteiger partial charge in [-0.2, -0.15) is 5.10 Å². The van der Waals surface area contributed by atoms with Gasteiger partial charge < -0.3 is 4.98 Å². The molecule has 0 spiro atoms. The van der Waals surface area contributed by atoms with E-state index in [2.05, 4.69) is 15.5 Å². The van der Waals surface area contributed by atoms with E-state index in [1.165, 1.54) is 18.3 Å². The van der Waals surface area contributed by atoms with E-state index < -0.39 is 0 Å². The van der Waals surface area contributed by atoms with E-state index in [4.69, 9.17) is 11.6 Å². The van der Waals surface area contributed by atoms with Crippen molar-refractivity contribution in [2.75, 3.05) is 11.3 Å². The van der Waals surface area contributed by atoms with Crippen LogP contribution >= 0.6 is 11.6 Å². The number of halogens is 2. The first kappa shape index (κ1) is 13.3. The number of benzene rings is 1. The van der Waals surface area contributed by atoms with E-state index in [0.29, 0.717) is 16.9 Å². The van der Waals surface area contributed by atoms with Crippen LogP contribution in [-0.2, 0) is 0 Å². The Morgan fingerprint density at radius 1 is 1.42 bits per heavy atom. The highest BCUT2D eigenvalue weighted by Gasteiger charge is 2.05. The van der Waals surface area contributed by atoms with Crippen molar-refractivity contribution in [2.24, 2.45) is 5.10 Å². The molecule has 0 aliphatic heterocycles. The fourth-order valence-electron chi connectivity index (χ4n) is 1.43. The molecular formula is C13H11ClFN3O. The Labute approximate surface area is 114 Å². The Bertz CT molecular complexity index is 592. The lowest BCUT2D eigenvalue weighted by molar-refractivity contribution is 0.102. The van der Waals surface area contributed by atoms with Crippen molar-refractivity contribution >= 4 is 29.3 Å². The Kier molecular flexibility index (Phi) is 4.30. The highest BCUT2D eigenvalue weighted by atomic mass is 35.5. The number of H-pyrrole nitrogens is 1. The number of nitrogens with one attached hydrogen (secondary N) is 2. The van der Waals surface area contributed by atoms with Gasteiger partial charge in [-0.15, -0.1) is 11.6 Å². The number of anilines is 1. The number of aromatic nitrogens is 1. The van der Waals surface area contributed by atoms with Gasteiger partial charge >= 0.3 is 0 Å². The summed E-state index contributed by atoms with van der Waals surface area (Å²) >= 11 is 5.45. The molecule has 0 bridgehead atoms. The van der Waals surface area contributed by atoms with Gasteiger partial charge in [-0.3, -0.25) is 10.2 Å². The molecule has 0 radical (unpaired) electrons. The molecule has 0 fully saturated rings. The quantitative estimate of drug-likeness (QED) is 0.382. The Hall–Kier alpha value is -2.14. The third-order valence-corrected chi connectivity index (χ3v) is 2.63. The first-order valence-electron chi connectivity index (χ1n) is 5.51. The molecule has 1 aromatic heterocycles. The van der Waals surface area contributed by atoms with Crippen LogP contribution in [0.4, 0.5) is 10.1 Å². The topological polar surface area (TPSA) is 57.2 Å². The molecule has 98 valence electrons. The molecule has 0 aliphatic rings. The zero-order chi connectivity index (χ0) is 13.7. The lowest BCUT2D eigenvalue weighted by Crippen LogP contribution is -1.97. The number of nitrogens with zero attached hydrogens (tertiary/aromatic N) is 1. The minimum absolute atomic E-state index is 0.0533. The number of hydrazone groups is 1. The molecule has 0 saturated carbocycles. The van der Waals surface area contributed by atoms with E-state index in [9.17, 15) is 9.18 Å². The summed E-state index contributed by atoms with van der Waals surface area (Å²) in [7, 11) is 0. The minimum atomic E-state index is -0.303. The number of hydrogen-bond acceptors (Lipinski definition) is 3. The first-order chi connectivity index (χ1) is 9.19. The lowest BCUT2D eigenvalue weighted by Gasteiger charge is -1.98. The number of rotatable bonds is 5. The minimum Gasteiger partial charge on any atom is -0.360 e. The van der Waals surface area contributed by atoms with Crippen molar-refractivity contribution in [1.82, 2.24) is 4.98 Å². The van der Waals surface area contributed by atoms with Crippen molar-refractivity contribution < 1.29 is 9.18 Å². The molecular weight excluding hydrogens is 269 g/mol. The molecule has 0 saturated heterocycles. The van der Waals surface area contributed by atoms with Crippen LogP contribution in [0.2, 0.25) is 0 Å². The summed E-state index contributed by atoms with van der Waals surface area (Å²) in [6.07, 6.45) is 3.10. The molecule has 4 nitrogen and oxygen atoms in total. The van der Waals surface area contributed by atoms with E-state index >= 15 is 0 Å². The molecule has 1 heterocycles. The number of aromatic amines is 1. The molecule has 2 rings (SSSR count). The van der Waals surface area contributed by atoms with E-state index in [0.717, 1.165) is 0 Å². The SMILES string of the molecule is O=C(CCl)c1c[nH]c(/C=N\Nc2ccc(F)cc2)c1. The van der Waals surface area contributed by atoms with Gasteiger partial charge in [0, 0.05) is 11.8 Å². The summed E-state index contributed by atoms with van der Waals surface area (Å²) in [5.41, 5.74) is 4.59.